The number of thiophene rings is 1. The number of carbonyl (C=O) groups excluding carboxylic acids is 1. The van der Waals surface area contributed by atoms with Crippen LogP contribution in [-0.4, -0.2) is 74.9 Å². The molecule has 0 saturated carbocycles. The molecule has 4 aromatic rings. The second kappa shape index (κ2) is 10.8. The van der Waals surface area contributed by atoms with Gasteiger partial charge in [0.1, 0.15) is 6.17 Å². The Hall–Kier alpha value is -3.72. The lowest BCUT2D eigenvalue weighted by Crippen LogP contribution is -2.53. The summed E-state index contributed by atoms with van der Waals surface area (Å²) < 4.78 is 69.7. The molecular formula is C28H29F4N7O3S. The normalized spacial score (nSPS) is 23.7. The van der Waals surface area contributed by atoms with Crippen molar-refractivity contribution in [3.05, 3.63) is 41.4 Å². The molecule has 43 heavy (non-hydrogen) atoms. The zero-order chi connectivity index (χ0) is 29.9. The van der Waals surface area contributed by atoms with E-state index in [9.17, 15) is 18.0 Å². The molecular weight excluding hydrogens is 590 g/mol. The lowest BCUT2D eigenvalue weighted by atomic mass is 9.95. The van der Waals surface area contributed by atoms with Gasteiger partial charge in [0, 0.05) is 31.1 Å². The SMILES string of the molecule is CN1[C@@H]2CC[C@H]1[C@H](F)[C@H](Nc1cccc3c(CC(F)(F)F)c(-c4noc(CNC(=O)c5cc6n(n5)CCCO6)n4)sc13)C2. The van der Waals surface area contributed by atoms with E-state index in [1.807, 2.05) is 7.05 Å². The van der Waals surface area contributed by atoms with Crippen LogP contribution in [-0.2, 0) is 19.5 Å². The van der Waals surface area contributed by atoms with E-state index < -0.39 is 30.7 Å². The number of hydrogen-bond donors (Lipinski definition) is 2. The molecule has 2 fully saturated rings. The number of amides is 1. The molecule has 6 heterocycles. The van der Waals surface area contributed by atoms with Crippen molar-refractivity contribution in [2.75, 3.05) is 19.0 Å². The first kappa shape index (κ1) is 28.1. The highest BCUT2D eigenvalue weighted by atomic mass is 32.1. The maximum absolute atomic E-state index is 15.4. The summed E-state index contributed by atoms with van der Waals surface area (Å²) in [4.78, 5) is 19.3. The molecule has 2 saturated heterocycles. The minimum atomic E-state index is -4.49. The van der Waals surface area contributed by atoms with Crippen LogP contribution in [0.2, 0.25) is 0 Å². The number of nitrogens with one attached hydrogen (secondary N) is 2. The van der Waals surface area contributed by atoms with Crippen LogP contribution in [0.1, 0.15) is 47.6 Å². The van der Waals surface area contributed by atoms with E-state index in [0.717, 1.165) is 30.6 Å². The Balaban J connectivity index is 1.14. The molecule has 0 unspecified atom stereocenters. The number of halogens is 4. The van der Waals surface area contributed by atoms with E-state index in [2.05, 4.69) is 30.8 Å². The number of aromatic nitrogens is 4. The number of alkyl halides is 4. The Bertz CT molecular complexity index is 1640. The Morgan fingerprint density at radius 1 is 1.26 bits per heavy atom. The molecule has 2 N–H and O–H groups in total. The van der Waals surface area contributed by atoms with Gasteiger partial charge in [-0.15, -0.1) is 11.3 Å². The molecule has 3 aromatic heterocycles. The second-order valence-electron chi connectivity index (χ2n) is 11.3. The van der Waals surface area contributed by atoms with Crippen LogP contribution in [0.3, 0.4) is 0 Å². The van der Waals surface area contributed by atoms with Gasteiger partial charge >= 0.3 is 6.18 Å². The molecule has 10 nitrogen and oxygen atoms in total. The quantitative estimate of drug-likeness (QED) is 0.280. The number of hydrogen-bond acceptors (Lipinski definition) is 9. The fourth-order valence-corrected chi connectivity index (χ4v) is 7.64. The van der Waals surface area contributed by atoms with Gasteiger partial charge in [-0.2, -0.15) is 23.3 Å². The maximum atomic E-state index is 15.4. The average molecular weight is 620 g/mol. The van der Waals surface area contributed by atoms with Crippen molar-refractivity contribution >= 4 is 33.0 Å². The zero-order valence-corrected chi connectivity index (χ0v) is 24.0. The lowest BCUT2D eigenvalue weighted by Gasteiger charge is -2.39. The molecule has 15 heteroatoms. The molecule has 7 rings (SSSR count). The highest BCUT2D eigenvalue weighted by Gasteiger charge is 2.46. The number of fused-ring (bicyclic) bond motifs is 4. The fourth-order valence-electron chi connectivity index (χ4n) is 6.42. The van der Waals surface area contributed by atoms with Crippen molar-refractivity contribution in [1.29, 1.82) is 0 Å². The molecule has 2 bridgehead atoms. The number of rotatable bonds is 7. The van der Waals surface area contributed by atoms with Gasteiger partial charge in [0.05, 0.1) is 40.9 Å². The highest BCUT2D eigenvalue weighted by Crippen LogP contribution is 2.45. The van der Waals surface area contributed by atoms with Gasteiger partial charge in [-0.05, 0) is 43.3 Å². The number of benzene rings is 1. The van der Waals surface area contributed by atoms with E-state index in [1.165, 1.54) is 0 Å². The van der Waals surface area contributed by atoms with Crippen molar-refractivity contribution in [2.24, 2.45) is 0 Å². The smallest absolute Gasteiger partial charge is 0.393 e. The van der Waals surface area contributed by atoms with Crippen molar-refractivity contribution in [2.45, 2.75) is 75.7 Å². The molecule has 3 aliphatic rings. The second-order valence-corrected chi connectivity index (χ2v) is 12.3. The Morgan fingerprint density at radius 2 is 2.12 bits per heavy atom. The summed E-state index contributed by atoms with van der Waals surface area (Å²) >= 11 is 1.11. The number of nitrogens with zero attached hydrogens (tertiary/aromatic N) is 5. The Morgan fingerprint density at radius 3 is 2.93 bits per heavy atom. The molecule has 0 aliphatic carbocycles. The van der Waals surface area contributed by atoms with E-state index in [4.69, 9.17) is 9.26 Å². The summed E-state index contributed by atoms with van der Waals surface area (Å²) in [5, 5.41) is 14.6. The maximum Gasteiger partial charge on any atom is 0.393 e. The lowest BCUT2D eigenvalue weighted by molar-refractivity contribution is -0.126. The molecule has 1 aromatic carbocycles. The molecule has 3 aliphatic heterocycles. The summed E-state index contributed by atoms with van der Waals surface area (Å²) in [5.41, 5.74) is 0.773. The minimum Gasteiger partial charge on any atom is -0.478 e. The predicted octanol–water partition coefficient (Wildman–Crippen LogP) is 4.95. The van der Waals surface area contributed by atoms with Crippen molar-refractivity contribution < 1.29 is 31.6 Å². The van der Waals surface area contributed by atoms with Crippen LogP contribution < -0.4 is 15.4 Å². The van der Waals surface area contributed by atoms with E-state index in [1.54, 1.807) is 28.9 Å². The summed E-state index contributed by atoms with van der Waals surface area (Å²) in [6.45, 7) is 1.06. The van der Waals surface area contributed by atoms with Crippen LogP contribution >= 0.6 is 11.3 Å². The molecule has 4 atom stereocenters. The first-order valence-electron chi connectivity index (χ1n) is 14.2. The van der Waals surface area contributed by atoms with Gasteiger partial charge in [0.15, 0.2) is 5.69 Å². The van der Waals surface area contributed by atoms with Crippen LogP contribution in [0.4, 0.5) is 23.2 Å². The standard InChI is InChI=1S/C28H29F4N7O3S/c1-38-14-6-7-20(38)23(29)18(10-14)34-17-5-2-4-15-16(12-28(30,31)32)25(43-24(15)17)26-35-21(42-37-26)13-33-27(40)19-11-22-39(36-19)8-3-9-41-22/h2,4-5,11,14,18,20,23,34H,3,6-10,12-13H2,1H3,(H,33,40)/t14-,18-,20+,23-/m1/s1. The molecule has 228 valence electrons. The largest absolute Gasteiger partial charge is 0.478 e. The predicted molar refractivity (Wildman–Crippen MR) is 150 cm³/mol. The number of anilines is 1. The topological polar surface area (TPSA) is 110 Å². The third-order valence-electron chi connectivity index (χ3n) is 8.52. The number of ether oxygens (including phenoxy) is 1. The number of carbonyl (C=O) groups is 1. The third kappa shape index (κ3) is 5.32. The van der Waals surface area contributed by atoms with Gasteiger partial charge in [-0.1, -0.05) is 17.3 Å². The Labute approximate surface area is 247 Å². The summed E-state index contributed by atoms with van der Waals surface area (Å²) in [5.74, 6) is 0.0493. The monoisotopic (exact) mass is 619 g/mol. The Kier molecular flexibility index (Phi) is 7.03. The highest BCUT2D eigenvalue weighted by molar-refractivity contribution is 7.23. The minimum absolute atomic E-state index is 0.0118. The van der Waals surface area contributed by atoms with Gasteiger partial charge in [0.25, 0.3) is 5.91 Å². The zero-order valence-electron chi connectivity index (χ0n) is 23.2. The number of aryl methyl sites for hydroxylation is 1. The van der Waals surface area contributed by atoms with E-state index in [0.29, 0.717) is 41.2 Å². The van der Waals surface area contributed by atoms with Crippen LogP contribution in [0.25, 0.3) is 20.8 Å². The summed E-state index contributed by atoms with van der Waals surface area (Å²) in [6.07, 6.45) is -3.64. The fraction of sp³-hybridized carbons (Fsp3) is 0.500. The van der Waals surface area contributed by atoms with Crippen LogP contribution in [0.15, 0.2) is 28.8 Å². The van der Waals surface area contributed by atoms with Crippen molar-refractivity contribution in [3.8, 4) is 16.6 Å². The van der Waals surface area contributed by atoms with Gasteiger partial charge < -0.3 is 19.9 Å². The van der Waals surface area contributed by atoms with E-state index >= 15 is 4.39 Å². The van der Waals surface area contributed by atoms with E-state index in [-0.39, 0.29) is 46.5 Å². The van der Waals surface area contributed by atoms with Gasteiger partial charge in [0.2, 0.25) is 17.6 Å². The van der Waals surface area contributed by atoms with Crippen molar-refractivity contribution in [1.82, 2.24) is 30.1 Å². The first-order chi connectivity index (χ1) is 20.6. The molecule has 0 spiro atoms. The van der Waals surface area contributed by atoms with Gasteiger partial charge in [-0.3, -0.25) is 9.69 Å². The van der Waals surface area contributed by atoms with Gasteiger partial charge in [-0.25, -0.2) is 9.07 Å². The van der Waals surface area contributed by atoms with Crippen molar-refractivity contribution in [3.63, 3.8) is 0 Å². The molecule has 1 amide bonds. The average Bonchev–Trinajstić information content (AvgIpc) is 3.74. The first-order valence-corrected chi connectivity index (χ1v) is 15.0. The summed E-state index contributed by atoms with van der Waals surface area (Å²) in [6, 6.07) is 6.28. The number of piperidine rings is 1. The van der Waals surface area contributed by atoms with Crippen LogP contribution in [0, 0.1) is 0 Å². The molecule has 0 radical (unpaired) electrons. The van der Waals surface area contributed by atoms with Crippen LogP contribution in [0.5, 0.6) is 5.88 Å². The third-order valence-corrected chi connectivity index (χ3v) is 9.80. The summed E-state index contributed by atoms with van der Waals surface area (Å²) in [7, 11) is 1.95.